The van der Waals surface area contributed by atoms with E-state index in [1.165, 1.54) is 0 Å². The van der Waals surface area contributed by atoms with Gasteiger partial charge >= 0.3 is 0 Å². The molecule has 0 spiro atoms. The molecule has 1 rings (SSSR count). The van der Waals surface area contributed by atoms with E-state index in [2.05, 4.69) is 5.32 Å². The molecular formula is C13H21ClN2O. The van der Waals surface area contributed by atoms with E-state index in [-0.39, 0.29) is 12.1 Å². The van der Waals surface area contributed by atoms with E-state index in [1.807, 2.05) is 33.9 Å². The van der Waals surface area contributed by atoms with Crippen LogP contribution in [0.15, 0.2) is 6.07 Å². The van der Waals surface area contributed by atoms with Crippen molar-refractivity contribution < 1.29 is 4.74 Å². The molecule has 1 aromatic carbocycles. The number of benzene rings is 1. The number of rotatable bonds is 4. The van der Waals surface area contributed by atoms with E-state index in [4.69, 9.17) is 22.1 Å². The summed E-state index contributed by atoms with van der Waals surface area (Å²) in [5.41, 5.74) is 9.09. The zero-order chi connectivity index (χ0) is 13.2. The van der Waals surface area contributed by atoms with Crippen LogP contribution in [0.25, 0.3) is 0 Å². The molecule has 17 heavy (non-hydrogen) atoms. The fourth-order valence-corrected chi connectivity index (χ4v) is 2.32. The van der Waals surface area contributed by atoms with Crippen molar-refractivity contribution in [1.82, 2.24) is 5.32 Å². The van der Waals surface area contributed by atoms with Gasteiger partial charge in [-0.25, -0.2) is 0 Å². The van der Waals surface area contributed by atoms with Crippen LogP contribution in [-0.2, 0) is 0 Å². The minimum atomic E-state index is -0.0219. The normalized spacial score (nSPS) is 14.5. The Morgan fingerprint density at radius 3 is 2.41 bits per heavy atom. The summed E-state index contributed by atoms with van der Waals surface area (Å²) in [6.07, 6.45) is 0. The summed E-state index contributed by atoms with van der Waals surface area (Å²) in [4.78, 5) is 0. The number of hydrogen-bond donors (Lipinski definition) is 2. The molecule has 0 fully saturated rings. The van der Waals surface area contributed by atoms with E-state index in [0.29, 0.717) is 0 Å². The third-order valence-electron chi connectivity index (χ3n) is 3.06. The highest BCUT2D eigenvalue weighted by molar-refractivity contribution is 6.32. The molecular weight excluding hydrogens is 236 g/mol. The highest BCUT2D eigenvalue weighted by atomic mass is 35.5. The molecule has 0 aliphatic rings. The molecule has 0 amide bonds. The van der Waals surface area contributed by atoms with Crippen molar-refractivity contribution in [3.8, 4) is 5.75 Å². The average Bonchev–Trinajstić information content (AvgIpc) is 2.29. The Labute approximate surface area is 108 Å². The summed E-state index contributed by atoms with van der Waals surface area (Å²) < 4.78 is 5.44. The van der Waals surface area contributed by atoms with Gasteiger partial charge < -0.3 is 15.8 Å². The van der Waals surface area contributed by atoms with E-state index >= 15 is 0 Å². The standard InChI is InChI=1S/C13H21ClN2O/c1-7-6-10(17-5)11(8(2)12(7)14)13(16-4)9(3)15/h6,9,13,16H,15H2,1-5H3. The van der Waals surface area contributed by atoms with Gasteiger partial charge in [-0.2, -0.15) is 0 Å². The number of ether oxygens (including phenoxy) is 1. The first-order valence-corrected chi connectivity index (χ1v) is 6.08. The van der Waals surface area contributed by atoms with Crippen LogP contribution in [0.4, 0.5) is 0 Å². The van der Waals surface area contributed by atoms with Crippen molar-refractivity contribution in [1.29, 1.82) is 0 Å². The van der Waals surface area contributed by atoms with Crippen LogP contribution < -0.4 is 15.8 Å². The second-order valence-corrected chi connectivity index (χ2v) is 4.75. The van der Waals surface area contributed by atoms with Crippen molar-refractivity contribution in [3.63, 3.8) is 0 Å². The van der Waals surface area contributed by atoms with Gasteiger partial charge in [0.25, 0.3) is 0 Å². The highest BCUT2D eigenvalue weighted by Gasteiger charge is 2.22. The molecule has 2 unspecified atom stereocenters. The first-order chi connectivity index (χ1) is 7.93. The van der Waals surface area contributed by atoms with Crippen molar-refractivity contribution in [2.45, 2.75) is 32.9 Å². The fourth-order valence-electron chi connectivity index (χ4n) is 2.16. The highest BCUT2D eigenvalue weighted by Crippen LogP contribution is 2.36. The lowest BCUT2D eigenvalue weighted by atomic mass is 9.94. The monoisotopic (exact) mass is 256 g/mol. The van der Waals surface area contributed by atoms with Crippen molar-refractivity contribution in [2.75, 3.05) is 14.2 Å². The Hall–Kier alpha value is -0.770. The first kappa shape index (κ1) is 14.3. The van der Waals surface area contributed by atoms with Crippen LogP contribution in [-0.4, -0.2) is 20.2 Å². The summed E-state index contributed by atoms with van der Waals surface area (Å²) in [5.74, 6) is 0.834. The van der Waals surface area contributed by atoms with Crippen LogP contribution in [0.1, 0.15) is 29.7 Å². The van der Waals surface area contributed by atoms with Crippen LogP contribution in [0.3, 0.4) is 0 Å². The van der Waals surface area contributed by atoms with Crippen LogP contribution in [0.2, 0.25) is 5.02 Å². The number of hydrogen-bond acceptors (Lipinski definition) is 3. The second kappa shape index (κ2) is 5.71. The molecule has 0 saturated heterocycles. The minimum Gasteiger partial charge on any atom is -0.496 e. The summed E-state index contributed by atoms with van der Waals surface area (Å²) in [5, 5.41) is 4.00. The lowest BCUT2D eigenvalue weighted by Gasteiger charge is -2.25. The predicted octanol–water partition coefficient (Wildman–Crippen LogP) is 2.57. The van der Waals surface area contributed by atoms with Gasteiger partial charge in [-0.1, -0.05) is 11.6 Å². The van der Waals surface area contributed by atoms with Gasteiger partial charge in [0, 0.05) is 16.6 Å². The van der Waals surface area contributed by atoms with Crippen LogP contribution >= 0.6 is 11.6 Å². The van der Waals surface area contributed by atoms with Crippen LogP contribution in [0.5, 0.6) is 5.75 Å². The zero-order valence-corrected chi connectivity index (χ0v) is 11.9. The molecule has 0 aliphatic carbocycles. The Morgan fingerprint density at radius 1 is 1.41 bits per heavy atom. The van der Waals surface area contributed by atoms with Gasteiger partial charge in [-0.15, -0.1) is 0 Å². The fraction of sp³-hybridized carbons (Fsp3) is 0.538. The average molecular weight is 257 g/mol. The lowest BCUT2D eigenvalue weighted by Crippen LogP contribution is -2.34. The smallest absolute Gasteiger partial charge is 0.124 e. The van der Waals surface area contributed by atoms with Crippen molar-refractivity contribution in [2.24, 2.45) is 5.73 Å². The number of nitrogens with two attached hydrogens (primary N) is 1. The summed E-state index contributed by atoms with van der Waals surface area (Å²) in [6.45, 7) is 5.94. The number of aryl methyl sites for hydroxylation is 1. The van der Waals surface area contributed by atoms with Gasteiger partial charge in [0.1, 0.15) is 5.75 Å². The second-order valence-electron chi connectivity index (χ2n) is 4.37. The minimum absolute atomic E-state index is 0.0219. The number of nitrogens with one attached hydrogen (secondary N) is 1. The molecule has 3 nitrogen and oxygen atoms in total. The molecule has 0 heterocycles. The van der Waals surface area contributed by atoms with Gasteiger partial charge in [-0.3, -0.25) is 0 Å². The van der Waals surface area contributed by atoms with Crippen LogP contribution in [0, 0.1) is 13.8 Å². The molecule has 3 N–H and O–H groups in total. The molecule has 0 radical (unpaired) electrons. The molecule has 0 saturated carbocycles. The largest absolute Gasteiger partial charge is 0.496 e. The molecule has 0 aliphatic heterocycles. The van der Waals surface area contributed by atoms with E-state index < -0.39 is 0 Å². The Morgan fingerprint density at radius 2 is 2.00 bits per heavy atom. The van der Waals surface area contributed by atoms with Gasteiger partial charge in [0.15, 0.2) is 0 Å². The van der Waals surface area contributed by atoms with Gasteiger partial charge in [-0.05, 0) is 45.0 Å². The topological polar surface area (TPSA) is 47.3 Å². The third kappa shape index (κ3) is 2.73. The molecule has 2 atom stereocenters. The quantitative estimate of drug-likeness (QED) is 0.871. The molecule has 96 valence electrons. The summed E-state index contributed by atoms with van der Waals surface area (Å²) in [7, 11) is 3.56. The van der Waals surface area contributed by atoms with Crippen molar-refractivity contribution in [3.05, 3.63) is 27.8 Å². The Bertz CT molecular complexity index is 405. The molecule has 0 aromatic heterocycles. The van der Waals surface area contributed by atoms with Gasteiger partial charge in [0.2, 0.25) is 0 Å². The molecule has 0 bridgehead atoms. The zero-order valence-electron chi connectivity index (χ0n) is 11.1. The summed E-state index contributed by atoms with van der Waals surface area (Å²) in [6, 6.07) is 1.96. The number of halogens is 1. The maximum Gasteiger partial charge on any atom is 0.124 e. The maximum atomic E-state index is 6.29. The summed E-state index contributed by atoms with van der Waals surface area (Å²) >= 11 is 6.29. The van der Waals surface area contributed by atoms with E-state index in [1.54, 1.807) is 7.11 Å². The maximum absolute atomic E-state index is 6.29. The SMILES string of the molecule is CNC(c1c(OC)cc(C)c(Cl)c1C)C(C)N. The Balaban J connectivity index is 3.44. The third-order valence-corrected chi connectivity index (χ3v) is 3.64. The van der Waals surface area contributed by atoms with Crippen molar-refractivity contribution >= 4 is 11.6 Å². The van der Waals surface area contributed by atoms with E-state index in [9.17, 15) is 0 Å². The predicted molar refractivity (Wildman–Crippen MR) is 72.9 cm³/mol. The molecule has 1 aromatic rings. The Kier molecular flexibility index (Phi) is 4.80. The number of likely N-dealkylation sites (N-methyl/N-ethyl adjacent to an activating group) is 1. The molecule has 4 heteroatoms. The van der Waals surface area contributed by atoms with Gasteiger partial charge in [0.05, 0.1) is 13.2 Å². The first-order valence-electron chi connectivity index (χ1n) is 5.70. The van der Waals surface area contributed by atoms with E-state index in [0.717, 1.165) is 27.5 Å². The lowest BCUT2D eigenvalue weighted by molar-refractivity contribution is 0.393. The number of methoxy groups -OCH3 is 1.